The summed E-state index contributed by atoms with van der Waals surface area (Å²) in [7, 11) is 1.47. The van der Waals surface area contributed by atoms with Gasteiger partial charge in [-0.3, -0.25) is 4.68 Å². The summed E-state index contributed by atoms with van der Waals surface area (Å²) in [6.45, 7) is 5.25. The minimum absolute atomic E-state index is 0.145. The second-order valence-electron chi connectivity index (χ2n) is 4.20. The van der Waals surface area contributed by atoms with Crippen molar-refractivity contribution in [3.63, 3.8) is 0 Å². The minimum atomic E-state index is -3.79. The molecule has 2 heterocycles. The van der Waals surface area contributed by atoms with Crippen LogP contribution < -0.4 is 0 Å². The van der Waals surface area contributed by atoms with E-state index in [0.717, 1.165) is 28.8 Å². The zero-order valence-corrected chi connectivity index (χ0v) is 14.2. The van der Waals surface area contributed by atoms with Crippen molar-refractivity contribution in [1.82, 2.24) is 19.3 Å². The summed E-state index contributed by atoms with van der Waals surface area (Å²) in [5.41, 5.74) is 1.95. The fraction of sp³-hybridized carbons (Fsp3) is 0.455. The highest BCUT2D eigenvalue weighted by Gasteiger charge is 2.17. The molecule has 2 aromatic rings. The van der Waals surface area contributed by atoms with Gasteiger partial charge in [0, 0.05) is 23.4 Å². The highest BCUT2D eigenvalue weighted by molar-refractivity contribution is 9.10. The van der Waals surface area contributed by atoms with Crippen molar-refractivity contribution in [3.05, 3.63) is 28.4 Å². The van der Waals surface area contributed by atoms with Crippen LogP contribution in [-0.2, 0) is 28.6 Å². The number of imidazole rings is 1. The van der Waals surface area contributed by atoms with Crippen molar-refractivity contribution in [2.75, 3.05) is 0 Å². The summed E-state index contributed by atoms with van der Waals surface area (Å²) < 4.78 is 26.9. The van der Waals surface area contributed by atoms with E-state index in [-0.39, 0.29) is 5.03 Å². The Morgan fingerprint density at radius 2 is 2.10 bits per heavy atom. The summed E-state index contributed by atoms with van der Waals surface area (Å²) in [6, 6.07) is 0. The predicted molar refractivity (Wildman–Crippen MR) is 79.3 cm³/mol. The topological polar surface area (TPSA) is 69.8 Å². The smallest absolute Gasteiger partial charge is 0.280 e. The average molecular weight is 382 g/mol. The molecule has 2 aromatic heterocycles. The number of nitrogens with zero attached hydrogens (tertiary/aromatic N) is 4. The normalized spacial score (nSPS) is 12.0. The molecule has 110 valence electrons. The van der Waals surface area contributed by atoms with Gasteiger partial charge in [0.25, 0.3) is 9.05 Å². The lowest BCUT2D eigenvalue weighted by atomic mass is 10.3. The molecule has 0 aliphatic carbocycles. The van der Waals surface area contributed by atoms with Gasteiger partial charge in [-0.2, -0.15) is 5.10 Å². The van der Waals surface area contributed by atoms with E-state index in [9.17, 15) is 8.42 Å². The molecule has 0 fully saturated rings. The lowest BCUT2D eigenvalue weighted by Gasteiger charge is -2.05. The molecule has 0 saturated heterocycles. The Morgan fingerprint density at radius 1 is 1.40 bits per heavy atom. The fourth-order valence-electron chi connectivity index (χ4n) is 1.89. The van der Waals surface area contributed by atoms with Crippen LogP contribution in [0.5, 0.6) is 0 Å². The third-order valence-corrected chi connectivity index (χ3v) is 4.99. The molecule has 0 aliphatic rings. The zero-order valence-electron chi connectivity index (χ0n) is 11.0. The maximum Gasteiger partial charge on any atom is 0.280 e. The van der Waals surface area contributed by atoms with E-state index in [4.69, 9.17) is 10.7 Å². The summed E-state index contributed by atoms with van der Waals surface area (Å²) in [4.78, 5) is 3.79. The molecular formula is C11H14BrClN4O2S. The van der Waals surface area contributed by atoms with Gasteiger partial charge in [0.05, 0.1) is 28.7 Å². The minimum Gasteiger partial charge on any atom is -0.330 e. The lowest BCUT2D eigenvalue weighted by molar-refractivity contribution is 0.593. The number of hydrogen-bond acceptors (Lipinski definition) is 4. The van der Waals surface area contributed by atoms with Crippen LogP contribution >= 0.6 is 26.6 Å². The maximum atomic E-state index is 11.2. The van der Waals surface area contributed by atoms with E-state index >= 15 is 0 Å². The van der Waals surface area contributed by atoms with E-state index in [1.807, 2.05) is 18.5 Å². The monoisotopic (exact) mass is 380 g/mol. The van der Waals surface area contributed by atoms with Gasteiger partial charge in [0.2, 0.25) is 0 Å². The van der Waals surface area contributed by atoms with Crippen LogP contribution in [0, 0.1) is 0 Å². The molecule has 0 bridgehead atoms. The van der Waals surface area contributed by atoms with Crippen LogP contribution in [0.3, 0.4) is 0 Å². The Labute approximate surface area is 130 Å². The highest BCUT2D eigenvalue weighted by atomic mass is 79.9. The highest BCUT2D eigenvalue weighted by Crippen LogP contribution is 2.23. The molecule has 0 saturated carbocycles. The van der Waals surface area contributed by atoms with Gasteiger partial charge < -0.3 is 4.57 Å². The van der Waals surface area contributed by atoms with Gasteiger partial charge in [-0.25, -0.2) is 13.4 Å². The van der Waals surface area contributed by atoms with Gasteiger partial charge in [0.1, 0.15) is 0 Å². The quantitative estimate of drug-likeness (QED) is 0.746. The number of hydrogen-bond donors (Lipinski definition) is 0. The lowest BCUT2D eigenvalue weighted by Crippen LogP contribution is -2.07. The standard InChI is InChI=1S/C11H14BrClN4O2S/c1-3-8-11(12)9(17(4-2)15-8)5-16-6-10(14-7-16)20(13,18)19/h6-7H,3-5H2,1-2H3. The van der Waals surface area contributed by atoms with Gasteiger partial charge in [-0.1, -0.05) is 6.92 Å². The number of aryl methyl sites for hydroxylation is 2. The second-order valence-corrected chi connectivity index (χ2v) is 7.50. The van der Waals surface area contributed by atoms with Gasteiger partial charge >= 0.3 is 0 Å². The molecule has 0 spiro atoms. The van der Waals surface area contributed by atoms with E-state index in [2.05, 4.69) is 26.0 Å². The second kappa shape index (κ2) is 5.87. The molecule has 0 N–H and O–H groups in total. The third-order valence-electron chi connectivity index (χ3n) is 2.89. The summed E-state index contributed by atoms with van der Waals surface area (Å²) in [6.07, 6.45) is 3.68. The van der Waals surface area contributed by atoms with Gasteiger partial charge in [-0.15, -0.1) is 0 Å². The molecule has 0 unspecified atom stereocenters. The zero-order chi connectivity index (χ0) is 14.9. The maximum absolute atomic E-state index is 11.2. The van der Waals surface area contributed by atoms with Gasteiger partial charge in [0.15, 0.2) is 5.03 Å². The van der Waals surface area contributed by atoms with Crippen molar-refractivity contribution in [1.29, 1.82) is 0 Å². The van der Waals surface area contributed by atoms with Crippen LogP contribution in [-0.4, -0.2) is 27.7 Å². The van der Waals surface area contributed by atoms with Crippen molar-refractivity contribution < 1.29 is 8.42 Å². The van der Waals surface area contributed by atoms with Crippen LogP contribution in [0.15, 0.2) is 22.0 Å². The van der Waals surface area contributed by atoms with E-state index < -0.39 is 9.05 Å². The Balaban J connectivity index is 2.35. The molecule has 0 aliphatic heterocycles. The fourth-order valence-corrected chi connectivity index (χ4v) is 3.26. The van der Waals surface area contributed by atoms with Crippen LogP contribution in [0.4, 0.5) is 0 Å². The van der Waals surface area contributed by atoms with Gasteiger partial charge in [-0.05, 0) is 29.3 Å². The number of aromatic nitrogens is 4. The summed E-state index contributed by atoms with van der Waals surface area (Å²) in [5, 5.41) is 4.35. The number of halogens is 2. The van der Waals surface area contributed by atoms with Crippen LogP contribution in [0.1, 0.15) is 25.2 Å². The Bertz CT molecular complexity index is 723. The first-order valence-corrected chi connectivity index (χ1v) is 9.17. The molecule has 9 heteroatoms. The molecule has 6 nitrogen and oxygen atoms in total. The van der Waals surface area contributed by atoms with Crippen molar-refractivity contribution in [2.45, 2.75) is 38.4 Å². The SMILES string of the molecule is CCc1nn(CC)c(Cn2cnc(S(=O)(=O)Cl)c2)c1Br. The molecule has 0 radical (unpaired) electrons. The van der Waals surface area contributed by atoms with Crippen molar-refractivity contribution in [2.24, 2.45) is 0 Å². The third kappa shape index (κ3) is 3.07. The molecular weight excluding hydrogens is 368 g/mol. The average Bonchev–Trinajstić information content (AvgIpc) is 2.96. The van der Waals surface area contributed by atoms with Crippen LogP contribution in [0.25, 0.3) is 0 Å². The first kappa shape index (κ1) is 15.5. The Morgan fingerprint density at radius 3 is 2.60 bits per heavy atom. The summed E-state index contributed by atoms with van der Waals surface area (Å²) >= 11 is 3.55. The van der Waals surface area contributed by atoms with Crippen molar-refractivity contribution >= 4 is 35.7 Å². The molecule has 0 atom stereocenters. The molecule has 0 aromatic carbocycles. The van der Waals surface area contributed by atoms with Crippen molar-refractivity contribution in [3.8, 4) is 0 Å². The summed E-state index contributed by atoms with van der Waals surface area (Å²) in [5.74, 6) is 0. The number of rotatable bonds is 5. The molecule has 2 rings (SSSR count). The first-order chi connectivity index (χ1) is 9.36. The Kier molecular flexibility index (Phi) is 4.55. The molecule has 20 heavy (non-hydrogen) atoms. The Hall–Kier alpha value is -0.860. The van der Waals surface area contributed by atoms with E-state index in [0.29, 0.717) is 6.54 Å². The van der Waals surface area contributed by atoms with E-state index in [1.54, 1.807) is 4.57 Å². The molecule has 0 amide bonds. The van der Waals surface area contributed by atoms with Crippen LogP contribution in [0.2, 0.25) is 0 Å². The van der Waals surface area contributed by atoms with E-state index in [1.165, 1.54) is 12.5 Å². The predicted octanol–water partition coefficient (Wildman–Crippen LogP) is 2.40. The first-order valence-electron chi connectivity index (χ1n) is 6.07. The largest absolute Gasteiger partial charge is 0.330 e.